The number of aliphatic hydroxyl groups is 2. The van der Waals surface area contributed by atoms with Gasteiger partial charge in [0, 0.05) is 6.20 Å². The monoisotopic (exact) mass is 442 g/mol. The molecule has 2 rings (SSSR count). The molecule has 4 atom stereocenters. The van der Waals surface area contributed by atoms with Crippen molar-refractivity contribution in [1.82, 2.24) is 9.55 Å². The summed E-state index contributed by atoms with van der Waals surface area (Å²) >= 11 is 1.79. The number of aromatic amines is 1. The molecule has 0 radical (unpaired) electrons. The van der Waals surface area contributed by atoms with E-state index in [-0.39, 0.29) is 0 Å². The molecule has 0 aromatic carbocycles. The van der Waals surface area contributed by atoms with Gasteiger partial charge in [0.15, 0.2) is 6.23 Å². The van der Waals surface area contributed by atoms with E-state index in [1.165, 1.54) is 6.20 Å². The highest BCUT2D eigenvalue weighted by Crippen LogP contribution is 2.39. The molecule has 1 saturated heterocycles. The Morgan fingerprint density at radius 2 is 2.05 bits per heavy atom. The molecule has 1 aromatic heterocycles. The van der Waals surface area contributed by atoms with Gasteiger partial charge in [0.1, 0.15) is 12.2 Å². The number of nitrogens with one attached hydrogen (secondary N) is 1. The van der Waals surface area contributed by atoms with Crippen molar-refractivity contribution in [2.24, 2.45) is 0 Å². The Kier molecular flexibility index (Phi) is 5.38. The summed E-state index contributed by atoms with van der Waals surface area (Å²) in [5.41, 5.74) is -1.16. The predicted molar refractivity (Wildman–Crippen MR) is 95.3 cm³/mol. The van der Waals surface area contributed by atoms with Crippen LogP contribution in [-0.4, -0.2) is 63.9 Å². The van der Waals surface area contributed by atoms with Crippen molar-refractivity contribution in [1.29, 1.82) is 0 Å². The maximum absolute atomic E-state index is 11.9. The van der Waals surface area contributed by atoms with E-state index in [0.29, 0.717) is 9.99 Å². The number of H-pyrrole nitrogens is 1. The van der Waals surface area contributed by atoms with E-state index in [1.807, 2.05) is 0 Å². The number of aliphatic hydroxyl groups excluding tert-OH is 2. The van der Waals surface area contributed by atoms with E-state index in [1.54, 1.807) is 22.6 Å². The number of hydrogen-bond donors (Lipinski definition) is 3. The number of ether oxygens (including phenoxy) is 1. The second kappa shape index (κ2) is 6.60. The molecule has 124 valence electrons. The molecule has 1 aliphatic rings. The third-order valence-electron chi connectivity index (χ3n) is 3.55. The predicted octanol–water partition coefficient (Wildman–Crippen LogP) is -0.140. The zero-order chi connectivity index (χ0) is 16.7. The first-order valence-electron chi connectivity index (χ1n) is 6.80. The van der Waals surface area contributed by atoms with Crippen LogP contribution in [0.2, 0.25) is 0 Å². The zero-order valence-corrected chi connectivity index (χ0v) is 15.5. The third-order valence-corrected chi connectivity index (χ3v) is 5.79. The lowest BCUT2D eigenvalue weighted by molar-refractivity contribution is -0.0403. The second-order valence-corrected chi connectivity index (χ2v) is 11.6. The fraction of sp³-hybridized carbons (Fsp3) is 0.615. The number of hydrogen-bond acceptors (Lipinski definition) is 5. The van der Waals surface area contributed by atoms with Crippen molar-refractivity contribution < 1.29 is 14.9 Å². The van der Waals surface area contributed by atoms with Crippen molar-refractivity contribution in [3.05, 3.63) is 30.6 Å². The van der Waals surface area contributed by atoms with E-state index >= 15 is 0 Å². The van der Waals surface area contributed by atoms with E-state index in [4.69, 9.17) is 4.74 Å². The first-order valence-corrected chi connectivity index (χ1v) is 10.9. The molecule has 3 N–H and O–H groups in total. The van der Waals surface area contributed by atoms with Gasteiger partial charge in [-0.05, 0) is 48.5 Å². The van der Waals surface area contributed by atoms with Gasteiger partial charge in [-0.3, -0.25) is 14.3 Å². The SMILES string of the molecule is C=P(C)(C)CC[C@H]1O[C@@H](n2cc(I)c(=O)[nH]c2=O)[C@H](O)[C@@H]1O. The summed E-state index contributed by atoms with van der Waals surface area (Å²) in [6.07, 6.45) is 2.93. The molecule has 0 aliphatic carbocycles. The minimum absolute atomic E-state index is 0.302. The Labute approximate surface area is 141 Å². The number of halogens is 1. The summed E-state index contributed by atoms with van der Waals surface area (Å²) in [5, 5.41) is 20.3. The Morgan fingerprint density at radius 3 is 2.64 bits per heavy atom. The lowest BCUT2D eigenvalue weighted by Crippen LogP contribution is -2.38. The Morgan fingerprint density at radius 1 is 1.41 bits per heavy atom. The molecular formula is C13H20IN2O5P. The maximum atomic E-state index is 11.9. The lowest BCUT2D eigenvalue weighted by atomic mass is 10.1. The second-order valence-electron chi connectivity index (χ2n) is 6.14. The molecule has 1 aliphatic heterocycles. The largest absolute Gasteiger partial charge is 0.388 e. The fourth-order valence-corrected chi connectivity index (χ4v) is 3.71. The van der Waals surface area contributed by atoms with Crippen LogP contribution in [0.1, 0.15) is 12.6 Å². The van der Waals surface area contributed by atoms with Gasteiger partial charge in [-0.1, -0.05) is 0 Å². The quantitative estimate of drug-likeness (QED) is 0.445. The molecule has 9 heteroatoms. The smallest absolute Gasteiger partial charge is 0.330 e. The highest BCUT2D eigenvalue weighted by atomic mass is 127. The van der Waals surface area contributed by atoms with Crippen LogP contribution in [0.3, 0.4) is 0 Å². The van der Waals surface area contributed by atoms with Gasteiger partial charge in [-0.2, -0.15) is 0 Å². The topological polar surface area (TPSA) is 105 Å². The summed E-state index contributed by atoms with van der Waals surface area (Å²) < 4.78 is 7.08. The fourth-order valence-electron chi connectivity index (χ4n) is 2.32. The minimum Gasteiger partial charge on any atom is -0.388 e. The molecule has 0 bridgehead atoms. The van der Waals surface area contributed by atoms with Gasteiger partial charge in [0.25, 0.3) is 5.56 Å². The van der Waals surface area contributed by atoms with Crippen LogP contribution in [0.5, 0.6) is 0 Å². The van der Waals surface area contributed by atoms with Crippen LogP contribution in [0.4, 0.5) is 0 Å². The maximum Gasteiger partial charge on any atom is 0.330 e. The number of aromatic nitrogens is 2. The van der Waals surface area contributed by atoms with Crippen LogP contribution in [0.25, 0.3) is 0 Å². The summed E-state index contributed by atoms with van der Waals surface area (Å²) in [7, 11) is 0. The minimum atomic E-state index is -1.27. The summed E-state index contributed by atoms with van der Waals surface area (Å²) in [6.45, 7) is 2.89. The Hall–Kier alpha value is -0.410. The van der Waals surface area contributed by atoms with E-state index in [0.717, 1.165) is 10.7 Å². The molecule has 0 spiro atoms. The van der Waals surface area contributed by atoms with E-state index in [9.17, 15) is 19.8 Å². The van der Waals surface area contributed by atoms with Crippen LogP contribution >= 0.6 is 29.5 Å². The van der Waals surface area contributed by atoms with Gasteiger partial charge in [-0.25, -0.2) is 4.79 Å². The standard InChI is InChI=1S/C13H20IN2O5P/c1-22(2,3)5-4-8-9(17)10(18)12(21-8)16-6-7(14)11(19)15-13(16)20/h6,8-10,12,17-18H,1,4-5H2,2-3H3,(H,15,19,20)/t8-,9-,10-,12-/m1/s1. The van der Waals surface area contributed by atoms with Crippen LogP contribution in [-0.2, 0) is 4.74 Å². The van der Waals surface area contributed by atoms with E-state index in [2.05, 4.69) is 24.6 Å². The summed E-state index contributed by atoms with van der Waals surface area (Å²) in [6, 6.07) is 0. The summed E-state index contributed by atoms with van der Waals surface area (Å²) in [5.74, 6) is 0. The normalized spacial score (nSPS) is 29.0. The Bertz CT molecular complexity index is 709. The molecule has 1 fully saturated rings. The first kappa shape index (κ1) is 17.9. The van der Waals surface area contributed by atoms with Crippen molar-refractivity contribution in [3.8, 4) is 0 Å². The molecule has 2 heterocycles. The molecule has 7 nitrogen and oxygen atoms in total. The number of rotatable bonds is 4. The van der Waals surface area contributed by atoms with Gasteiger partial charge in [-0.15, -0.1) is 13.2 Å². The lowest BCUT2D eigenvalue weighted by Gasteiger charge is -2.18. The van der Waals surface area contributed by atoms with Gasteiger partial charge in [0.05, 0.1) is 9.67 Å². The molecular weight excluding hydrogens is 422 g/mol. The average Bonchev–Trinajstić information content (AvgIpc) is 2.68. The Balaban J connectivity index is 2.23. The van der Waals surface area contributed by atoms with E-state index < -0.39 is 42.7 Å². The molecule has 0 saturated carbocycles. The van der Waals surface area contributed by atoms with Gasteiger partial charge < -0.3 is 14.9 Å². The van der Waals surface area contributed by atoms with Crippen molar-refractivity contribution in [3.63, 3.8) is 0 Å². The van der Waals surface area contributed by atoms with Crippen molar-refractivity contribution in [2.75, 3.05) is 19.5 Å². The summed E-state index contributed by atoms with van der Waals surface area (Å²) in [4.78, 5) is 25.4. The van der Waals surface area contributed by atoms with Crippen LogP contribution in [0.15, 0.2) is 15.8 Å². The first-order chi connectivity index (χ1) is 10.1. The molecule has 1 aromatic rings. The van der Waals surface area contributed by atoms with Crippen LogP contribution in [0, 0.1) is 3.57 Å². The van der Waals surface area contributed by atoms with Crippen molar-refractivity contribution >= 4 is 35.8 Å². The average molecular weight is 442 g/mol. The highest BCUT2D eigenvalue weighted by Gasteiger charge is 2.43. The molecule has 0 unspecified atom stereocenters. The highest BCUT2D eigenvalue weighted by molar-refractivity contribution is 14.1. The molecule has 22 heavy (non-hydrogen) atoms. The zero-order valence-electron chi connectivity index (χ0n) is 12.4. The van der Waals surface area contributed by atoms with Gasteiger partial charge in [0.2, 0.25) is 0 Å². The molecule has 0 amide bonds. The van der Waals surface area contributed by atoms with Gasteiger partial charge >= 0.3 is 5.69 Å². The van der Waals surface area contributed by atoms with Crippen LogP contribution < -0.4 is 11.2 Å². The van der Waals surface area contributed by atoms with Crippen molar-refractivity contribution in [2.45, 2.75) is 31.0 Å². The third kappa shape index (κ3) is 3.91. The number of nitrogens with zero attached hydrogens (tertiary/aromatic N) is 1.